The lowest BCUT2D eigenvalue weighted by Gasteiger charge is -2.19. The summed E-state index contributed by atoms with van der Waals surface area (Å²) in [5.41, 5.74) is 2.40. The Labute approximate surface area is 183 Å². The first kappa shape index (κ1) is 21.2. The lowest BCUT2D eigenvalue weighted by Crippen LogP contribution is -2.33. The smallest absolute Gasteiger partial charge is 0.259 e. The van der Waals surface area contributed by atoms with Gasteiger partial charge in [0.2, 0.25) is 11.8 Å². The van der Waals surface area contributed by atoms with Gasteiger partial charge >= 0.3 is 0 Å². The van der Waals surface area contributed by atoms with E-state index in [1.54, 1.807) is 35.6 Å². The molecule has 1 aromatic carbocycles. The van der Waals surface area contributed by atoms with Crippen molar-refractivity contribution < 1.29 is 9.59 Å². The van der Waals surface area contributed by atoms with Gasteiger partial charge in [0, 0.05) is 23.2 Å². The molecule has 0 saturated carbocycles. The molecule has 0 saturated heterocycles. The zero-order valence-electron chi connectivity index (χ0n) is 17.6. The normalized spacial score (nSPS) is 12.9. The quantitative estimate of drug-likeness (QED) is 0.525. The molecule has 3 N–H and O–H groups in total. The van der Waals surface area contributed by atoms with Crippen LogP contribution < -0.4 is 16.2 Å². The van der Waals surface area contributed by atoms with Gasteiger partial charge in [-0.1, -0.05) is 6.92 Å². The van der Waals surface area contributed by atoms with Crippen molar-refractivity contribution in [1.29, 1.82) is 0 Å². The van der Waals surface area contributed by atoms with E-state index in [1.165, 1.54) is 11.8 Å². The molecule has 2 heterocycles. The summed E-state index contributed by atoms with van der Waals surface area (Å²) >= 11 is 1.61. The van der Waals surface area contributed by atoms with Crippen LogP contribution in [0.15, 0.2) is 29.1 Å². The zero-order valence-corrected chi connectivity index (χ0v) is 18.4. The Kier molecular flexibility index (Phi) is 6.15. The third-order valence-electron chi connectivity index (χ3n) is 5.30. The van der Waals surface area contributed by atoms with E-state index in [2.05, 4.69) is 20.6 Å². The maximum atomic E-state index is 12.6. The molecule has 8 nitrogen and oxygen atoms in total. The summed E-state index contributed by atoms with van der Waals surface area (Å²) in [6.45, 7) is 4.61. The minimum atomic E-state index is -0.160. The Morgan fingerprint density at radius 3 is 2.55 bits per heavy atom. The molecule has 0 atom stereocenters. The summed E-state index contributed by atoms with van der Waals surface area (Å²) in [7, 11) is 0. The minimum Gasteiger partial charge on any atom is -0.326 e. The van der Waals surface area contributed by atoms with Crippen LogP contribution in [0, 0.1) is 0 Å². The molecular formula is C22H25N5O3S. The molecule has 1 aliphatic carbocycles. The molecule has 2 aromatic heterocycles. The number of nitrogens with zero attached hydrogens (tertiary/aromatic N) is 2. The number of carbonyl (C=O) groups is 2. The number of hydrogen-bond donors (Lipinski definition) is 3. The van der Waals surface area contributed by atoms with E-state index in [-0.39, 0.29) is 23.9 Å². The van der Waals surface area contributed by atoms with Crippen molar-refractivity contribution in [2.75, 3.05) is 23.7 Å². The molecule has 1 aliphatic rings. The summed E-state index contributed by atoms with van der Waals surface area (Å²) in [5.74, 6) is 0.270. The minimum absolute atomic E-state index is 0.0841. The average Bonchev–Trinajstić information content (AvgIpc) is 3.29. The number of thiophene rings is 1. The van der Waals surface area contributed by atoms with Gasteiger partial charge in [-0.25, -0.2) is 4.98 Å². The number of carbonyl (C=O) groups excluding carboxylic acids is 2. The first-order valence-electron chi connectivity index (χ1n) is 10.4. The number of aromatic nitrogens is 2. The second kappa shape index (κ2) is 8.99. The zero-order chi connectivity index (χ0) is 22.0. The van der Waals surface area contributed by atoms with E-state index in [1.807, 2.05) is 11.8 Å². The first-order valence-corrected chi connectivity index (χ1v) is 11.2. The molecule has 0 fully saturated rings. The molecule has 0 radical (unpaired) electrons. The van der Waals surface area contributed by atoms with Crippen LogP contribution in [0.25, 0.3) is 10.2 Å². The van der Waals surface area contributed by atoms with E-state index in [4.69, 9.17) is 0 Å². The van der Waals surface area contributed by atoms with E-state index >= 15 is 0 Å². The van der Waals surface area contributed by atoms with Crippen molar-refractivity contribution in [3.05, 3.63) is 50.9 Å². The maximum absolute atomic E-state index is 12.6. The second-order valence-electron chi connectivity index (χ2n) is 7.66. The van der Waals surface area contributed by atoms with Crippen LogP contribution in [0.1, 0.15) is 36.5 Å². The highest BCUT2D eigenvalue weighted by molar-refractivity contribution is 7.18. The van der Waals surface area contributed by atoms with Gasteiger partial charge in [-0.2, -0.15) is 0 Å². The topological polar surface area (TPSA) is 107 Å². The number of aryl methyl sites for hydroxylation is 2. The molecule has 0 spiro atoms. The van der Waals surface area contributed by atoms with Gasteiger partial charge in [0.25, 0.3) is 5.56 Å². The molecule has 4 rings (SSSR count). The van der Waals surface area contributed by atoms with Crippen LogP contribution in [0.3, 0.4) is 0 Å². The molecule has 31 heavy (non-hydrogen) atoms. The Balaban J connectivity index is 1.40. The highest BCUT2D eigenvalue weighted by Crippen LogP contribution is 2.34. The number of amides is 2. The van der Waals surface area contributed by atoms with Crippen molar-refractivity contribution >= 4 is 44.7 Å². The van der Waals surface area contributed by atoms with Crippen LogP contribution in [0.2, 0.25) is 0 Å². The van der Waals surface area contributed by atoms with E-state index < -0.39 is 0 Å². The molecule has 0 bridgehead atoms. The maximum Gasteiger partial charge on any atom is 0.259 e. The van der Waals surface area contributed by atoms with Gasteiger partial charge in [0.1, 0.15) is 10.7 Å². The van der Waals surface area contributed by atoms with E-state index in [9.17, 15) is 14.4 Å². The first-order chi connectivity index (χ1) is 14.9. The van der Waals surface area contributed by atoms with Crippen LogP contribution in [0.5, 0.6) is 0 Å². The largest absolute Gasteiger partial charge is 0.326 e. The van der Waals surface area contributed by atoms with Gasteiger partial charge in [-0.3, -0.25) is 19.3 Å². The molecule has 2 amide bonds. The number of rotatable bonds is 7. The van der Waals surface area contributed by atoms with Crippen molar-refractivity contribution in [3.63, 3.8) is 0 Å². The standard InChI is InChI=1S/C22H25N5O3S/c1-3-27(12-19(29)24-15-9-7-14(8-10-15)23-13(2)28)11-18-25-21(30)20-16-5-4-6-17(16)31-22(20)26-18/h7-10H,3-6,11-12H2,1-2H3,(H,23,28)(H,24,29)(H,25,26,30). The Bertz CT molecular complexity index is 1180. The number of likely N-dealkylation sites (N-methyl/N-ethyl adjacent to an activating group) is 1. The number of nitrogens with one attached hydrogen (secondary N) is 3. The fourth-order valence-corrected chi connectivity index (χ4v) is 5.14. The molecule has 3 aromatic rings. The van der Waals surface area contributed by atoms with E-state index in [0.717, 1.165) is 35.0 Å². The van der Waals surface area contributed by atoms with Crippen LogP contribution >= 0.6 is 11.3 Å². The van der Waals surface area contributed by atoms with Crippen molar-refractivity contribution in [2.24, 2.45) is 0 Å². The number of fused-ring (bicyclic) bond motifs is 3. The molecule has 0 aliphatic heterocycles. The number of anilines is 2. The van der Waals surface area contributed by atoms with Gasteiger partial charge in [-0.15, -0.1) is 11.3 Å². The number of aromatic amines is 1. The van der Waals surface area contributed by atoms with Gasteiger partial charge in [0.15, 0.2) is 0 Å². The van der Waals surface area contributed by atoms with Crippen molar-refractivity contribution in [3.8, 4) is 0 Å². The van der Waals surface area contributed by atoms with Crippen LogP contribution in [-0.2, 0) is 29.0 Å². The highest BCUT2D eigenvalue weighted by Gasteiger charge is 2.21. The van der Waals surface area contributed by atoms with Gasteiger partial charge in [0.05, 0.1) is 18.5 Å². The predicted molar refractivity (Wildman–Crippen MR) is 123 cm³/mol. The highest BCUT2D eigenvalue weighted by atomic mass is 32.1. The third-order valence-corrected chi connectivity index (χ3v) is 6.49. The third kappa shape index (κ3) is 4.83. The Morgan fingerprint density at radius 1 is 1.16 bits per heavy atom. The average molecular weight is 440 g/mol. The number of H-pyrrole nitrogens is 1. The molecule has 9 heteroatoms. The number of benzene rings is 1. The van der Waals surface area contributed by atoms with Gasteiger partial charge in [-0.05, 0) is 55.6 Å². The van der Waals surface area contributed by atoms with Crippen molar-refractivity contribution in [2.45, 2.75) is 39.7 Å². The summed E-state index contributed by atoms with van der Waals surface area (Å²) in [4.78, 5) is 47.8. The second-order valence-corrected chi connectivity index (χ2v) is 8.74. The molecule has 0 unspecified atom stereocenters. The van der Waals surface area contributed by atoms with Crippen LogP contribution in [-0.4, -0.2) is 39.8 Å². The fourth-order valence-electron chi connectivity index (χ4n) is 3.86. The summed E-state index contributed by atoms with van der Waals surface area (Å²) in [6, 6.07) is 6.94. The Hall–Kier alpha value is -3.04. The SMILES string of the molecule is CCN(CC(=O)Nc1ccc(NC(C)=O)cc1)Cc1nc2sc3c(c2c(=O)[nH]1)CCC3. The van der Waals surface area contributed by atoms with Crippen molar-refractivity contribution in [1.82, 2.24) is 14.9 Å². The van der Waals surface area contributed by atoms with Crippen LogP contribution in [0.4, 0.5) is 11.4 Å². The summed E-state index contributed by atoms with van der Waals surface area (Å²) < 4.78 is 0. The predicted octanol–water partition coefficient (Wildman–Crippen LogP) is 2.89. The lowest BCUT2D eigenvalue weighted by atomic mass is 10.2. The fraction of sp³-hybridized carbons (Fsp3) is 0.364. The molecular weight excluding hydrogens is 414 g/mol. The van der Waals surface area contributed by atoms with E-state index in [0.29, 0.717) is 30.3 Å². The number of hydrogen-bond acceptors (Lipinski definition) is 6. The monoisotopic (exact) mass is 439 g/mol. The molecule has 162 valence electrons. The Morgan fingerprint density at radius 2 is 1.87 bits per heavy atom. The lowest BCUT2D eigenvalue weighted by molar-refractivity contribution is -0.117. The van der Waals surface area contributed by atoms with Gasteiger partial charge < -0.3 is 15.6 Å². The summed E-state index contributed by atoms with van der Waals surface area (Å²) in [6.07, 6.45) is 3.08. The summed E-state index contributed by atoms with van der Waals surface area (Å²) in [5, 5.41) is 6.29.